The van der Waals surface area contributed by atoms with E-state index in [0.29, 0.717) is 12.8 Å². The molecule has 0 aliphatic rings. The molecule has 1 aromatic carbocycles. The van der Waals surface area contributed by atoms with Gasteiger partial charge in [0, 0.05) is 11.4 Å². The normalized spacial score (nSPS) is 10.2. The van der Waals surface area contributed by atoms with Gasteiger partial charge >= 0.3 is 5.97 Å². The maximum absolute atomic E-state index is 11.9. The molecule has 0 heterocycles. The highest BCUT2D eigenvalue weighted by atomic mass is 35.5. The molecule has 0 bridgehead atoms. The van der Waals surface area contributed by atoms with Crippen molar-refractivity contribution >= 4 is 35.0 Å². The molecule has 1 N–H and O–H groups in total. The van der Waals surface area contributed by atoms with Crippen LogP contribution in [0.2, 0.25) is 10.0 Å². The maximum atomic E-state index is 11.9. The average Bonchev–Trinajstić information content (AvgIpc) is 2.25. The van der Waals surface area contributed by atoms with Gasteiger partial charge in [0.1, 0.15) is 5.75 Å². The second-order valence-electron chi connectivity index (χ2n) is 3.62. The molecule has 0 saturated heterocycles. The molecule has 0 radical (unpaired) electrons. The molecule has 0 unspecified atom stereocenters. The summed E-state index contributed by atoms with van der Waals surface area (Å²) in [4.78, 5) is 22.4. The minimum atomic E-state index is -1.14. The SMILES string of the molecule is CCCC(=O)c1c(Cl)cc(Cl)cc1OCC(=O)O. The molecule has 98 valence electrons. The molecule has 0 aliphatic heterocycles. The van der Waals surface area contributed by atoms with E-state index in [4.69, 9.17) is 33.0 Å². The Hall–Kier alpha value is -1.26. The van der Waals surface area contributed by atoms with Crippen LogP contribution in [-0.4, -0.2) is 23.5 Å². The van der Waals surface area contributed by atoms with Crippen LogP contribution in [-0.2, 0) is 4.79 Å². The smallest absolute Gasteiger partial charge is 0.341 e. The van der Waals surface area contributed by atoms with Crippen molar-refractivity contribution < 1.29 is 19.4 Å². The zero-order valence-electron chi connectivity index (χ0n) is 9.70. The molecule has 0 aromatic heterocycles. The third-order valence-corrected chi connectivity index (χ3v) is 2.64. The number of hydrogen-bond acceptors (Lipinski definition) is 3. The summed E-state index contributed by atoms with van der Waals surface area (Å²) in [6.07, 6.45) is 0.973. The van der Waals surface area contributed by atoms with Crippen LogP contribution in [0.25, 0.3) is 0 Å². The number of rotatable bonds is 6. The van der Waals surface area contributed by atoms with Crippen molar-refractivity contribution in [1.82, 2.24) is 0 Å². The number of carboxylic acid groups (broad SMARTS) is 1. The lowest BCUT2D eigenvalue weighted by Crippen LogP contribution is -2.12. The highest BCUT2D eigenvalue weighted by Gasteiger charge is 2.18. The summed E-state index contributed by atoms with van der Waals surface area (Å²) in [5, 5.41) is 9.02. The van der Waals surface area contributed by atoms with Crippen LogP contribution in [0.4, 0.5) is 0 Å². The molecule has 4 nitrogen and oxygen atoms in total. The predicted molar refractivity (Wildman–Crippen MR) is 68.8 cm³/mol. The van der Waals surface area contributed by atoms with Gasteiger partial charge in [-0.2, -0.15) is 0 Å². The van der Waals surface area contributed by atoms with Gasteiger partial charge in [-0.05, 0) is 18.6 Å². The zero-order chi connectivity index (χ0) is 13.7. The quantitative estimate of drug-likeness (QED) is 0.815. The number of hydrogen-bond donors (Lipinski definition) is 1. The summed E-state index contributed by atoms with van der Waals surface area (Å²) >= 11 is 11.7. The first-order chi connectivity index (χ1) is 8.45. The minimum Gasteiger partial charge on any atom is -0.481 e. The van der Waals surface area contributed by atoms with Gasteiger partial charge in [0.2, 0.25) is 0 Å². The number of carbonyl (C=O) groups excluding carboxylic acids is 1. The van der Waals surface area contributed by atoms with Crippen LogP contribution in [0.5, 0.6) is 5.75 Å². The fourth-order valence-corrected chi connectivity index (χ4v) is 2.01. The van der Waals surface area contributed by atoms with E-state index in [1.165, 1.54) is 12.1 Å². The van der Waals surface area contributed by atoms with Crippen molar-refractivity contribution in [3.8, 4) is 5.75 Å². The number of ether oxygens (including phenoxy) is 1. The lowest BCUT2D eigenvalue weighted by molar-refractivity contribution is -0.139. The van der Waals surface area contributed by atoms with Crippen molar-refractivity contribution in [1.29, 1.82) is 0 Å². The fraction of sp³-hybridized carbons (Fsp3) is 0.333. The first-order valence-electron chi connectivity index (χ1n) is 5.32. The summed E-state index contributed by atoms with van der Waals surface area (Å²) in [6.45, 7) is 1.31. The average molecular weight is 291 g/mol. The Labute approximate surface area is 114 Å². The zero-order valence-corrected chi connectivity index (χ0v) is 11.2. The third kappa shape index (κ3) is 3.89. The molecular formula is C12H12Cl2O4. The number of benzene rings is 1. The summed E-state index contributed by atoms with van der Waals surface area (Å²) < 4.78 is 5.04. The monoisotopic (exact) mass is 290 g/mol. The van der Waals surface area contributed by atoms with E-state index in [1.807, 2.05) is 6.92 Å². The van der Waals surface area contributed by atoms with E-state index in [2.05, 4.69) is 0 Å². The Morgan fingerprint density at radius 2 is 2.00 bits per heavy atom. The summed E-state index contributed by atoms with van der Waals surface area (Å²) in [6, 6.07) is 2.82. The molecule has 0 spiro atoms. The molecule has 0 aliphatic carbocycles. The lowest BCUT2D eigenvalue weighted by Gasteiger charge is -2.11. The minimum absolute atomic E-state index is 0.105. The standard InChI is InChI=1S/C12H12Cl2O4/c1-2-3-9(15)12-8(14)4-7(13)5-10(12)18-6-11(16)17/h4-5H,2-3,6H2,1H3,(H,16,17). The Kier molecular flexibility index (Phi) is 5.44. The first kappa shape index (κ1) is 14.8. The van der Waals surface area contributed by atoms with Gasteiger partial charge in [-0.3, -0.25) is 4.79 Å². The number of ketones is 1. The molecular weight excluding hydrogens is 279 g/mol. The molecule has 1 aromatic rings. The fourth-order valence-electron chi connectivity index (χ4n) is 1.43. The van der Waals surface area contributed by atoms with Gasteiger partial charge in [0.15, 0.2) is 12.4 Å². The van der Waals surface area contributed by atoms with Gasteiger partial charge in [0.25, 0.3) is 0 Å². The van der Waals surface area contributed by atoms with Crippen molar-refractivity contribution in [2.45, 2.75) is 19.8 Å². The Bertz CT molecular complexity index is 471. The van der Waals surface area contributed by atoms with Crippen molar-refractivity contribution in [3.05, 3.63) is 27.7 Å². The van der Waals surface area contributed by atoms with Gasteiger partial charge < -0.3 is 9.84 Å². The van der Waals surface area contributed by atoms with Gasteiger partial charge in [-0.25, -0.2) is 4.79 Å². The largest absolute Gasteiger partial charge is 0.481 e. The highest BCUT2D eigenvalue weighted by molar-refractivity contribution is 6.37. The second kappa shape index (κ2) is 6.61. The van der Waals surface area contributed by atoms with Crippen LogP contribution < -0.4 is 4.74 Å². The van der Waals surface area contributed by atoms with Crippen molar-refractivity contribution in [3.63, 3.8) is 0 Å². The topological polar surface area (TPSA) is 63.6 Å². The van der Waals surface area contributed by atoms with Crippen LogP contribution in [0, 0.1) is 0 Å². The van der Waals surface area contributed by atoms with Gasteiger partial charge in [-0.1, -0.05) is 30.1 Å². The van der Waals surface area contributed by atoms with Crippen LogP contribution in [0.1, 0.15) is 30.1 Å². The Balaban J connectivity index is 3.12. The Morgan fingerprint density at radius 3 is 2.56 bits per heavy atom. The van der Waals surface area contributed by atoms with Crippen LogP contribution in [0.3, 0.4) is 0 Å². The lowest BCUT2D eigenvalue weighted by atomic mass is 10.1. The number of Topliss-reactive ketones (excluding diaryl/α,β-unsaturated/α-hetero) is 1. The summed E-state index contributed by atoms with van der Waals surface area (Å²) in [5.74, 6) is -1.23. The molecule has 0 amide bonds. The molecule has 0 atom stereocenters. The van der Waals surface area contributed by atoms with E-state index in [-0.39, 0.29) is 27.1 Å². The van der Waals surface area contributed by atoms with E-state index >= 15 is 0 Å². The third-order valence-electron chi connectivity index (χ3n) is 2.13. The predicted octanol–water partition coefficient (Wildman–Crippen LogP) is 3.44. The van der Waals surface area contributed by atoms with Gasteiger partial charge in [-0.15, -0.1) is 0 Å². The van der Waals surface area contributed by atoms with Crippen LogP contribution in [0.15, 0.2) is 12.1 Å². The van der Waals surface area contributed by atoms with Crippen molar-refractivity contribution in [2.24, 2.45) is 0 Å². The molecule has 0 saturated carbocycles. The molecule has 18 heavy (non-hydrogen) atoms. The van der Waals surface area contributed by atoms with E-state index in [0.717, 1.165) is 0 Å². The second-order valence-corrected chi connectivity index (χ2v) is 4.46. The highest BCUT2D eigenvalue weighted by Crippen LogP contribution is 2.32. The number of carbonyl (C=O) groups is 2. The summed E-state index contributed by atoms with van der Waals surface area (Å²) in [5.41, 5.74) is 0.184. The van der Waals surface area contributed by atoms with Crippen molar-refractivity contribution in [2.75, 3.05) is 6.61 Å². The first-order valence-corrected chi connectivity index (χ1v) is 6.08. The van der Waals surface area contributed by atoms with Gasteiger partial charge in [0.05, 0.1) is 10.6 Å². The summed E-state index contributed by atoms with van der Waals surface area (Å²) in [7, 11) is 0. The van der Waals surface area contributed by atoms with E-state index in [9.17, 15) is 9.59 Å². The van der Waals surface area contributed by atoms with E-state index in [1.54, 1.807) is 0 Å². The number of halogens is 2. The molecule has 6 heteroatoms. The molecule has 0 fully saturated rings. The molecule has 1 rings (SSSR count). The maximum Gasteiger partial charge on any atom is 0.341 e. The Morgan fingerprint density at radius 1 is 1.33 bits per heavy atom. The van der Waals surface area contributed by atoms with E-state index < -0.39 is 12.6 Å². The number of aliphatic carboxylic acids is 1. The van der Waals surface area contributed by atoms with Crippen LogP contribution >= 0.6 is 23.2 Å². The number of carboxylic acids is 1.